The van der Waals surface area contributed by atoms with Gasteiger partial charge in [0, 0.05) is 12.6 Å². The molecule has 0 atom stereocenters. The predicted molar refractivity (Wildman–Crippen MR) is 84.5 cm³/mol. The van der Waals surface area contributed by atoms with Crippen molar-refractivity contribution in [2.45, 2.75) is 46.1 Å². The molecule has 1 rings (SSSR count). The molecule has 0 spiro atoms. The highest BCUT2D eigenvalue weighted by molar-refractivity contribution is 7.89. The van der Waals surface area contributed by atoms with Crippen LogP contribution in [0.5, 0.6) is 0 Å². The molecule has 1 heterocycles. The van der Waals surface area contributed by atoms with Crippen LogP contribution in [0.25, 0.3) is 0 Å². The van der Waals surface area contributed by atoms with Gasteiger partial charge >= 0.3 is 0 Å². The van der Waals surface area contributed by atoms with E-state index < -0.39 is 10.0 Å². The maximum atomic E-state index is 12.4. The van der Waals surface area contributed by atoms with Crippen LogP contribution in [-0.2, 0) is 14.8 Å². The summed E-state index contributed by atoms with van der Waals surface area (Å²) in [7, 11) is -3.35. The van der Waals surface area contributed by atoms with Gasteiger partial charge in [0.15, 0.2) is 0 Å². The van der Waals surface area contributed by atoms with Crippen molar-refractivity contribution in [2.24, 2.45) is 5.92 Å². The van der Waals surface area contributed by atoms with Crippen LogP contribution >= 0.6 is 0 Å². The van der Waals surface area contributed by atoms with E-state index in [2.05, 4.69) is 10.6 Å². The minimum atomic E-state index is -3.35. The summed E-state index contributed by atoms with van der Waals surface area (Å²) in [6, 6.07) is 0.0219. The van der Waals surface area contributed by atoms with E-state index in [0.717, 1.165) is 25.9 Å². The predicted octanol–water partition coefficient (Wildman–Crippen LogP) is 0.552. The van der Waals surface area contributed by atoms with E-state index in [1.54, 1.807) is 6.92 Å². The Bertz CT molecular complexity index is 417. The monoisotopic (exact) mass is 319 g/mol. The van der Waals surface area contributed by atoms with Gasteiger partial charge in [0.25, 0.3) is 0 Å². The van der Waals surface area contributed by atoms with Crippen LogP contribution in [0.3, 0.4) is 0 Å². The number of amides is 1. The van der Waals surface area contributed by atoms with Gasteiger partial charge in [0.05, 0.1) is 12.3 Å². The Morgan fingerprint density at radius 3 is 2.48 bits per heavy atom. The van der Waals surface area contributed by atoms with Crippen molar-refractivity contribution in [2.75, 3.05) is 31.9 Å². The molecule has 0 radical (unpaired) electrons. The van der Waals surface area contributed by atoms with Crippen LogP contribution in [0.4, 0.5) is 0 Å². The molecule has 1 aliphatic heterocycles. The van der Waals surface area contributed by atoms with Crippen LogP contribution in [0.2, 0.25) is 0 Å². The van der Waals surface area contributed by atoms with E-state index in [0.29, 0.717) is 18.9 Å². The number of rotatable bonds is 8. The average Bonchev–Trinajstić information content (AvgIpc) is 2.43. The van der Waals surface area contributed by atoms with Crippen molar-refractivity contribution in [3.8, 4) is 0 Å². The Morgan fingerprint density at radius 1 is 1.33 bits per heavy atom. The molecule has 124 valence electrons. The van der Waals surface area contributed by atoms with Gasteiger partial charge in [-0.1, -0.05) is 6.92 Å². The summed E-state index contributed by atoms with van der Waals surface area (Å²) in [5.74, 6) is 0.377. The minimum absolute atomic E-state index is 0.0219. The van der Waals surface area contributed by atoms with Gasteiger partial charge in [-0.05, 0) is 52.1 Å². The summed E-state index contributed by atoms with van der Waals surface area (Å²) in [6.45, 7) is 7.69. The molecule has 0 aromatic carbocycles. The third-order valence-electron chi connectivity index (χ3n) is 3.76. The van der Waals surface area contributed by atoms with E-state index in [4.69, 9.17) is 0 Å². The number of hydrogen-bond donors (Lipinski definition) is 2. The van der Waals surface area contributed by atoms with Crippen molar-refractivity contribution in [1.29, 1.82) is 0 Å². The normalized spacial score (nSPS) is 17.4. The minimum Gasteiger partial charge on any atom is -0.353 e. The molecule has 0 saturated carbocycles. The summed E-state index contributed by atoms with van der Waals surface area (Å²) in [5.41, 5.74) is 0. The molecular formula is C14H29N3O3S. The summed E-state index contributed by atoms with van der Waals surface area (Å²) in [6.07, 6.45) is 2.76. The van der Waals surface area contributed by atoms with E-state index in [1.807, 2.05) is 13.8 Å². The molecule has 0 aromatic rings. The van der Waals surface area contributed by atoms with E-state index >= 15 is 0 Å². The molecule has 7 heteroatoms. The summed E-state index contributed by atoms with van der Waals surface area (Å²) in [5, 5.41) is 6.01. The highest BCUT2D eigenvalue weighted by Crippen LogP contribution is 2.17. The van der Waals surface area contributed by atoms with Crippen LogP contribution in [0, 0.1) is 5.92 Å². The molecule has 1 fully saturated rings. The highest BCUT2D eigenvalue weighted by atomic mass is 32.2. The van der Waals surface area contributed by atoms with Gasteiger partial charge in [0.1, 0.15) is 0 Å². The molecule has 6 nitrogen and oxygen atoms in total. The Morgan fingerprint density at radius 2 is 1.95 bits per heavy atom. The zero-order valence-corrected chi connectivity index (χ0v) is 14.2. The lowest BCUT2D eigenvalue weighted by atomic mass is 9.96. The Kier molecular flexibility index (Phi) is 7.62. The fourth-order valence-electron chi connectivity index (χ4n) is 2.55. The second-order valence-electron chi connectivity index (χ2n) is 5.95. The SMILES string of the molecule is CCN(CC(=O)NC(C)C)S(=O)(=O)CCC1CCNCC1. The molecule has 1 amide bonds. The lowest BCUT2D eigenvalue weighted by molar-refractivity contribution is -0.121. The van der Waals surface area contributed by atoms with Gasteiger partial charge in [0.2, 0.25) is 15.9 Å². The smallest absolute Gasteiger partial charge is 0.235 e. The first-order valence-electron chi connectivity index (χ1n) is 7.83. The first kappa shape index (κ1) is 18.4. The number of hydrogen-bond acceptors (Lipinski definition) is 4. The molecule has 21 heavy (non-hydrogen) atoms. The molecule has 1 saturated heterocycles. The first-order chi connectivity index (χ1) is 9.85. The molecule has 0 bridgehead atoms. The fourth-order valence-corrected chi connectivity index (χ4v) is 4.15. The second-order valence-corrected chi connectivity index (χ2v) is 8.03. The molecule has 2 N–H and O–H groups in total. The molecule has 0 aromatic heterocycles. The maximum absolute atomic E-state index is 12.4. The van der Waals surface area contributed by atoms with Crippen molar-refractivity contribution in [3.05, 3.63) is 0 Å². The van der Waals surface area contributed by atoms with Crippen LogP contribution in [0.1, 0.15) is 40.0 Å². The second kappa shape index (κ2) is 8.70. The number of nitrogens with zero attached hydrogens (tertiary/aromatic N) is 1. The van der Waals surface area contributed by atoms with Crippen molar-refractivity contribution in [3.63, 3.8) is 0 Å². The summed E-state index contributed by atoms with van der Waals surface area (Å²) >= 11 is 0. The maximum Gasteiger partial charge on any atom is 0.235 e. The molecule has 1 aliphatic rings. The topological polar surface area (TPSA) is 78.5 Å². The van der Waals surface area contributed by atoms with Crippen LogP contribution in [-0.4, -0.2) is 56.6 Å². The zero-order valence-electron chi connectivity index (χ0n) is 13.4. The number of likely N-dealkylation sites (N-methyl/N-ethyl adjacent to an activating group) is 1. The third kappa shape index (κ3) is 6.76. The Hall–Kier alpha value is -0.660. The number of carbonyl (C=O) groups is 1. The van der Waals surface area contributed by atoms with Crippen molar-refractivity contribution in [1.82, 2.24) is 14.9 Å². The Balaban J connectivity index is 2.50. The quantitative estimate of drug-likeness (QED) is 0.685. The van der Waals surface area contributed by atoms with Gasteiger partial charge in [-0.2, -0.15) is 4.31 Å². The number of carbonyl (C=O) groups excluding carboxylic acids is 1. The fraction of sp³-hybridized carbons (Fsp3) is 0.929. The van der Waals surface area contributed by atoms with E-state index in [9.17, 15) is 13.2 Å². The summed E-state index contributed by atoms with van der Waals surface area (Å²) in [4.78, 5) is 11.7. The van der Waals surface area contributed by atoms with Crippen LogP contribution < -0.4 is 10.6 Å². The zero-order chi connectivity index (χ0) is 15.9. The van der Waals surface area contributed by atoms with Crippen molar-refractivity contribution >= 4 is 15.9 Å². The van der Waals surface area contributed by atoms with Gasteiger partial charge < -0.3 is 10.6 Å². The van der Waals surface area contributed by atoms with Crippen molar-refractivity contribution < 1.29 is 13.2 Å². The molecule has 0 unspecified atom stereocenters. The standard InChI is InChI=1S/C14H29N3O3S/c1-4-17(11-14(18)16-12(2)3)21(19,20)10-7-13-5-8-15-9-6-13/h12-13,15H,4-11H2,1-3H3,(H,16,18). The number of nitrogens with one attached hydrogen (secondary N) is 2. The van der Waals surface area contributed by atoms with Gasteiger partial charge in [-0.25, -0.2) is 8.42 Å². The lowest BCUT2D eigenvalue weighted by Gasteiger charge is -2.25. The van der Waals surface area contributed by atoms with Gasteiger partial charge in [-0.15, -0.1) is 0 Å². The van der Waals surface area contributed by atoms with E-state index in [-0.39, 0.29) is 24.2 Å². The largest absolute Gasteiger partial charge is 0.353 e. The lowest BCUT2D eigenvalue weighted by Crippen LogP contribution is -2.43. The summed E-state index contributed by atoms with van der Waals surface area (Å²) < 4.78 is 26.0. The highest BCUT2D eigenvalue weighted by Gasteiger charge is 2.25. The molecular weight excluding hydrogens is 290 g/mol. The average molecular weight is 319 g/mol. The number of piperidine rings is 1. The molecule has 0 aliphatic carbocycles. The Labute approximate surface area is 128 Å². The van der Waals surface area contributed by atoms with Gasteiger partial charge in [-0.3, -0.25) is 4.79 Å². The van der Waals surface area contributed by atoms with E-state index in [1.165, 1.54) is 4.31 Å². The number of sulfonamides is 1. The third-order valence-corrected chi connectivity index (χ3v) is 5.68. The van der Waals surface area contributed by atoms with Crippen LogP contribution in [0.15, 0.2) is 0 Å². The first-order valence-corrected chi connectivity index (χ1v) is 9.44.